The van der Waals surface area contributed by atoms with Gasteiger partial charge in [-0.1, -0.05) is 11.6 Å². The zero-order valence-electron chi connectivity index (χ0n) is 9.27. The summed E-state index contributed by atoms with van der Waals surface area (Å²) in [6.07, 6.45) is 1.13. The maximum Gasteiger partial charge on any atom is 0.213 e. The predicted molar refractivity (Wildman–Crippen MR) is 66.7 cm³/mol. The van der Waals surface area contributed by atoms with Crippen molar-refractivity contribution in [2.75, 3.05) is 12.0 Å². The number of nitrogens with two attached hydrogens (primary N) is 1. The first-order valence-corrected chi connectivity index (χ1v) is 7.16. The molecule has 1 aromatic carbocycles. The average molecular weight is 275 g/mol. The summed E-state index contributed by atoms with van der Waals surface area (Å²) in [4.78, 5) is 4.10. The lowest BCUT2D eigenvalue weighted by Crippen LogP contribution is -2.07. The van der Waals surface area contributed by atoms with Crippen LogP contribution in [0.25, 0.3) is 11.1 Å². The smallest absolute Gasteiger partial charge is 0.213 e. The third kappa shape index (κ3) is 2.23. The topological polar surface area (TPSA) is 86.2 Å². The second-order valence-electron chi connectivity index (χ2n) is 3.87. The Bertz CT molecular complexity index is 639. The third-order valence-corrected chi connectivity index (χ3v) is 4.33. The lowest BCUT2D eigenvalue weighted by molar-refractivity contribution is 0.515. The highest BCUT2D eigenvalue weighted by molar-refractivity contribution is 7.90. The summed E-state index contributed by atoms with van der Waals surface area (Å²) < 4.78 is 28.1. The molecule has 1 aromatic heterocycles. The number of nitrogen functional groups attached to an aromatic ring is 1. The van der Waals surface area contributed by atoms with Crippen molar-refractivity contribution in [2.24, 2.45) is 0 Å². The summed E-state index contributed by atoms with van der Waals surface area (Å²) >= 11 is 5.84. The summed E-state index contributed by atoms with van der Waals surface area (Å²) in [5.74, 6) is 0.143. The molecule has 0 aliphatic heterocycles. The Morgan fingerprint density at radius 3 is 2.71 bits per heavy atom. The van der Waals surface area contributed by atoms with Gasteiger partial charge in [0.05, 0.1) is 10.7 Å². The Labute approximate surface area is 103 Å². The van der Waals surface area contributed by atoms with E-state index in [-0.39, 0.29) is 5.89 Å². The fourth-order valence-corrected chi connectivity index (χ4v) is 1.96. The average Bonchev–Trinajstić information content (AvgIpc) is 2.59. The molecule has 0 spiro atoms. The molecule has 5 nitrogen and oxygen atoms in total. The summed E-state index contributed by atoms with van der Waals surface area (Å²) in [7, 11) is -3.24. The van der Waals surface area contributed by atoms with Crippen molar-refractivity contribution < 1.29 is 12.8 Å². The van der Waals surface area contributed by atoms with E-state index in [1.54, 1.807) is 6.07 Å². The van der Waals surface area contributed by atoms with Gasteiger partial charge in [-0.2, -0.15) is 0 Å². The van der Waals surface area contributed by atoms with Crippen LogP contribution in [0.3, 0.4) is 0 Å². The molecule has 0 aliphatic carbocycles. The minimum Gasteiger partial charge on any atom is -0.439 e. The lowest BCUT2D eigenvalue weighted by atomic mass is 10.3. The molecule has 0 radical (unpaired) electrons. The van der Waals surface area contributed by atoms with Crippen LogP contribution in [-0.2, 0) is 9.84 Å². The second-order valence-corrected chi connectivity index (χ2v) is 6.64. The van der Waals surface area contributed by atoms with Gasteiger partial charge in [-0.25, -0.2) is 13.4 Å². The Morgan fingerprint density at radius 1 is 1.47 bits per heavy atom. The van der Waals surface area contributed by atoms with Crippen molar-refractivity contribution in [1.29, 1.82) is 0 Å². The first-order chi connectivity index (χ1) is 7.79. The SMILES string of the molecule is CC(c1nc2cc(Cl)c(N)cc2o1)S(C)(=O)=O. The molecule has 2 aromatic rings. The largest absolute Gasteiger partial charge is 0.439 e. The molecule has 0 saturated heterocycles. The fourth-order valence-electron chi connectivity index (χ4n) is 1.34. The van der Waals surface area contributed by atoms with E-state index >= 15 is 0 Å². The molecule has 1 atom stereocenters. The van der Waals surface area contributed by atoms with Gasteiger partial charge in [-0.05, 0) is 13.0 Å². The Kier molecular flexibility index (Phi) is 2.79. The number of sulfone groups is 1. The Morgan fingerprint density at radius 2 is 2.12 bits per heavy atom. The number of fused-ring (bicyclic) bond motifs is 1. The highest BCUT2D eigenvalue weighted by Gasteiger charge is 2.23. The van der Waals surface area contributed by atoms with Crippen molar-refractivity contribution in [1.82, 2.24) is 4.98 Å². The highest BCUT2D eigenvalue weighted by Crippen LogP contribution is 2.29. The standard InChI is InChI=1S/C10H11ClN2O3S/c1-5(17(2,14)15)10-13-8-3-6(11)7(12)4-9(8)16-10/h3-5H,12H2,1-2H3. The quantitative estimate of drug-likeness (QED) is 0.848. The maximum absolute atomic E-state index is 11.4. The summed E-state index contributed by atoms with van der Waals surface area (Å²) in [6, 6.07) is 3.08. The number of anilines is 1. The van der Waals surface area contributed by atoms with Crippen molar-refractivity contribution in [3.8, 4) is 0 Å². The van der Waals surface area contributed by atoms with Crippen LogP contribution in [0, 0.1) is 0 Å². The predicted octanol–water partition coefficient (Wildman–Crippen LogP) is 2.17. The normalized spacial score (nSPS) is 14.1. The Hall–Kier alpha value is -1.27. The molecule has 17 heavy (non-hydrogen) atoms. The number of halogens is 1. The zero-order chi connectivity index (χ0) is 12.8. The number of hydrogen-bond donors (Lipinski definition) is 1. The van der Waals surface area contributed by atoms with Gasteiger partial charge in [0.1, 0.15) is 10.8 Å². The van der Waals surface area contributed by atoms with Crippen molar-refractivity contribution in [2.45, 2.75) is 12.2 Å². The van der Waals surface area contributed by atoms with E-state index in [9.17, 15) is 8.42 Å². The van der Waals surface area contributed by atoms with Gasteiger partial charge in [0.25, 0.3) is 0 Å². The van der Waals surface area contributed by atoms with E-state index in [2.05, 4.69) is 4.98 Å². The summed E-state index contributed by atoms with van der Waals surface area (Å²) in [5, 5.41) is -0.431. The van der Waals surface area contributed by atoms with Crippen LogP contribution < -0.4 is 5.73 Å². The van der Waals surface area contributed by atoms with Gasteiger partial charge in [-0.15, -0.1) is 0 Å². The van der Waals surface area contributed by atoms with Gasteiger partial charge in [0.15, 0.2) is 15.4 Å². The van der Waals surface area contributed by atoms with E-state index in [0.29, 0.717) is 21.8 Å². The van der Waals surface area contributed by atoms with Crippen LogP contribution in [0.15, 0.2) is 16.5 Å². The van der Waals surface area contributed by atoms with Crippen LogP contribution in [0.5, 0.6) is 0 Å². The highest BCUT2D eigenvalue weighted by atomic mass is 35.5. The first kappa shape index (κ1) is 12.2. The van der Waals surface area contributed by atoms with Crippen LogP contribution in [0.2, 0.25) is 5.02 Å². The molecule has 2 N–H and O–H groups in total. The molecule has 0 saturated carbocycles. The molecule has 2 rings (SSSR count). The van der Waals surface area contributed by atoms with Gasteiger partial charge < -0.3 is 10.2 Å². The number of oxazole rings is 1. The third-order valence-electron chi connectivity index (χ3n) is 2.51. The van der Waals surface area contributed by atoms with E-state index in [1.165, 1.54) is 13.0 Å². The fraction of sp³-hybridized carbons (Fsp3) is 0.300. The molecule has 1 heterocycles. The molecule has 1 unspecified atom stereocenters. The molecule has 0 amide bonds. The number of hydrogen-bond acceptors (Lipinski definition) is 5. The van der Waals surface area contributed by atoms with Crippen molar-refractivity contribution >= 4 is 38.2 Å². The molecule has 92 valence electrons. The monoisotopic (exact) mass is 274 g/mol. The van der Waals surface area contributed by atoms with Crippen LogP contribution >= 0.6 is 11.6 Å². The molecule has 0 aliphatic rings. The van der Waals surface area contributed by atoms with Crippen molar-refractivity contribution in [3.05, 3.63) is 23.0 Å². The van der Waals surface area contributed by atoms with E-state index < -0.39 is 15.1 Å². The number of aromatic nitrogens is 1. The van der Waals surface area contributed by atoms with Crippen LogP contribution in [-0.4, -0.2) is 19.7 Å². The van der Waals surface area contributed by atoms with Crippen LogP contribution in [0.4, 0.5) is 5.69 Å². The lowest BCUT2D eigenvalue weighted by Gasteiger charge is -2.02. The first-order valence-electron chi connectivity index (χ1n) is 4.83. The molecule has 0 fully saturated rings. The number of benzene rings is 1. The van der Waals surface area contributed by atoms with E-state index in [0.717, 1.165) is 6.26 Å². The maximum atomic E-state index is 11.4. The summed E-state index contributed by atoms with van der Waals surface area (Å²) in [5.41, 5.74) is 6.91. The molecular weight excluding hydrogens is 264 g/mol. The summed E-state index contributed by atoms with van der Waals surface area (Å²) in [6.45, 7) is 1.52. The van der Waals surface area contributed by atoms with E-state index in [4.69, 9.17) is 21.8 Å². The van der Waals surface area contributed by atoms with Crippen LogP contribution in [0.1, 0.15) is 18.1 Å². The molecule has 0 bridgehead atoms. The van der Waals surface area contributed by atoms with Crippen molar-refractivity contribution in [3.63, 3.8) is 0 Å². The Balaban J connectivity index is 2.59. The van der Waals surface area contributed by atoms with Gasteiger partial charge in [0, 0.05) is 12.3 Å². The van der Waals surface area contributed by atoms with E-state index in [1.807, 2.05) is 0 Å². The van der Waals surface area contributed by atoms with Gasteiger partial charge >= 0.3 is 0 Å². The number of rotatable bonds is 2. The van der Waals surface area contributed by atoms with Gasteiger partial charge in [0.2, 0.25) is 5.89 Å². The molecular formula is C10H11ClN2O3S. The number of nitrogens with zero attached hydrogens (tertiary/aromatic N) is 1. The molecule has 7 heteroatoms. The van der Waals surface area contributed by atoms with Gasteiger partial charge in [-0.3, -0.25) is 0 Å². The minimum absolute atomic E-state index is 0.143. The minimum atomic E-state index is -3.24. The zero-order valence-corrected chi connectivity index (χ0v) is 10.8. The second kappa shape index (κ2) is 3.89.